The highest BCUT2D eigenvalue weighted by atomic mass is 16.5. The summed E-state index contributed by atoms with van der Waals surface area (Å²) in [5.74, 6) is 1.10. The number of nitrogens with zero attached hydrogens (tertiary/aromatic N) is 1. The maximum Gasteiger partial charge on any atom is 0.0975 e. The van der Waals surface area contributed by atoms with E-state index in [0.717, 1.165) is 25.9 Å². The SMILES string of the molecule is C=C(/C=C\c1ccncc1C)[C@H]1CC[C@@H]2[C@]1(C)CC=C1C=C3CNCC[C@]34CC[C@@]12O4. The smallest absolute Gasteiger partial charge is 0.0975 e. The fraction of sp³-hybridized carbons (Fsp3) is 0.536. The molecule has 0 unspecified atom stereocenters. The van der Waals surface area contributed by atoms with E-state index in [1.165, 1.54) is 53.5 Å². The van der Waals surface area contributed by atoms with Gasteiger partial charge in [-0.1, -0.05) is 43.4 Å². The van der Waals surface area contributed by atoms with Crippen molar-refractivity contribution in [3.8, 4) is 0 Å². The summed E-state index contributed by atoms with van der Waals surface area (Å²) >= 11 is 0. The molecule has 5 aliphatic rings. The van der Waals surface area contributed by atoms with Crippen molar-refractivity contribution >= 4 is 6.08 Å². The minimum atomic E-state index is -0.0612. The van der Waals surface area contributed by atoms with Gasteiger partial charge in [-0.15, -0.1) is 0 Å². The lowest BCUT2D eigenvalue weighted by Crippen LogP contribution is -2.55. The van der Waals surface area contributed by atoms with E-state index in [1.54, 1.807) is 0 Å². The number of pyridine rings is 1. The Morgan fingerprint density at radius 2 is 2.19 bits per heavy atom. The summed E-state index contributed by atoms with van der Waals surface area (Å²) in [5, 5.41) is 3.56. The molecule has 0 amide bonds. The summed E-state index contributed by atoms with van der Waals surface area (Å²) in [7, 11) is 0. The summed E-state index contributed by atoms with van der Waals surface area (Å²) in [6, 6.07) is 2.09. The van der Waals surface area contributed by atoms with Gasteiger partial charge in [0.15, 0.2) is 0 Å². The van der Waals surface area contributed by atoms with E-state index in [1.807, 2.05) is 12.4 Å². The first-order valence-corrected chi connectivity index (χ1v) is 12.1. The quantitative estimate of drug-likeness (QED) is 0.659. The van der Waals surface area contributed by atoms with E-state index in [9.17, 15) is 0 Å². The summed E-state index contributed by atoms with van der Waals surface area (Å²) in [6.45, 7) is 11.3. The number of ether oxygens (including phenoxy) is 1. The van der Waals surface area contributed by atoms with Crippen LogP contribution in [0.2, 0.25) is 0 Å². The van der Waals surface area contributed by atoms with Crippen LogP contribution >= 0.6 is 0 Å². The summed E-state index contributed by atoms with van der Waals surface area (Å²) in [4.78, 5) is 4.22. The van der Waals surface area contributed by atoms with E-state index in [2.05, 4.69) is 61.1 Å². The number of hydrogen-bond acceptors (Lipinski definition) is 3. The van der Waals surface area contributed by atoms with Crippen molar-refractivity contribution in [2.45, 2.75) is 63.6 Å². The van der Waals surface area contributed by atoms with Gasteiger partial charge in [-0.2, -0.15) is 0 Å². The molecule has 1 N–H and O–H groups in total. The molecule has 2 bridgehead atoms. The second kappa shape index (κ2) is 6.76. The molecular weight excluding hydrogens is 380 g/mol. The number of aryl methyl sites for hydroxylation is 1. The molecule has 4 heterocycles. The van der Waals surface area contributed by atoms with Gasteiger partial charge in [0.05, 0.1) is 11.2 Å². The Hall–Kier alpha value is -1.97. The number of hydrogen-bond donors (Lipinski definition) is 1. The molecule has 3 heteroatoms. The average molecular weight is 415 g/mol. The summed E-state index contributed by atoms with van der Waals surface area (Å²) in [5.41, 5.74) is 6.87. The van der Waals surface area contributed by atoms with E-state index >= 15 is 0 Å². The van der Waals surface area contributed by atoms with Crippen LogP contribution in [0.4, 0.5) is 0 Å². The molecule has 6 rings (SSSR count). The Labute approximate surface area is 186 Å². The van der Waals surface area contributed by atoms with Crippen LogP contribution in [0.15, 0.2) is 60.0 Å². The molecule has 31 heavy (non-hydrogen) atoms. The molecule has 0 radical (unpaired) electrons. The second-order valence-electron chi connectivity index (χ2n) is 10.8. The number of aromatic nitrogens is 1. The fourth-order valence-electron chi connectivity index (χ4n) is 7.66. The van der Waals surface area contributed by atoms with Crippen molar-refractivity contribution in [2.24, 2.45) is 17.3 Å². The first-order chi connectivity index (χ1) is 15.0. The van der Waals surface area contributed by atoms with Gasteiger partial charge in [-0.05, 0) is 97.6 Å². The van der Waals surface area contributed by atoms with Crippen molar-refractivity contribution in [3.05, 3.63) is 71.1 Å². The third-order valence-corrected chi connectivity index (χ3v) is 9.35. The van der Waals surface area contributed by atoms with E-state index in [-0.39, 0.29) is 16.6 Å². The molecule has 3 fully saturated rings. The average Bonchev–Trinajstić information content (AvgIpc) is 3.28. The topological polar surface area (TPSA) is 34.2 Å². The minimum Gasteiger partial charge on any atom is -0.359 e. The van der Waals surface area contributed by atoms with Crippen molar-refractivity contribution in [2.75, 3.05) is 13.1 Å². The molecule has 2 aliphatic carbocycles. The Bertz CT molecular complexity index is 1040. The van der Waals surface area contributed by atoms with Crippen LogP contribution in [0.3, 0.4) is 0 Å². The zero-order valence-electron chi connectivity index (χ0n) is 18.9. The van der Waals surface area contributed by atoms with Gasteiger partial charge in [0, 0.05) is 18.9 Å². The predicted molar refractivity (Wildman–Crippen MR) is 126 cm³/mol. The first kappa shape index (κ1) is 19.7. The zero-order valence-corrected chi connectivity index (χ0v) is 18.9. The monoisotopic (exact) mass is 414 g/mol. The molecule has 3 nitrogen and oxygen atoms in total. The number of rotatable bonds is 3. The first-order valence-electron chi connectivity index (χ1n) is 12.1. The third kappa shape index (κ3) is 2.69. The number of piperidine rings is 1. The Morgan fingerprint density at radius 3 is 3.06 bits per heavy atom. The largest absolute Gasteiger partial charge is 0.359 e. The number of allylic oxidation sites excluding steroid dienone is 3. The van der Waals surface area contributed by atoms with Gasteiger partial charge in [0.1, 0.15) is 0 Å². The lowest BCUT2D eigenvalue weighted by atomic mass is 9.58. The maximum atomic E-state index is 7.20. The van der Waals surface area contributed by atoms with Crippen LogP contribution in [0, 0.1) is 24.2 Å². The van der Waals surface area contributed by atoms with Crippen LogP contribution in [-0.2, 0) is 4.74 Å². The molecular formula is C28H34N2O. The standard InChI is InChI=1S/C28H34N2O/c1-19(4-5-21-9-14-29-17-20(21)2)24-6-7-25-26(24,3)10-8-22-16-23-18-30-15-13-27(23)11-12-28(22,25)31-27/h4-5,8-9,14,16-17,24-25,30H,1,6-7,10-13,15,18H2,2-3H3/b5-4-/t24-,25-,26-,27-,28-/m1/s1. The Kier molecular flexibility index (Phi) is 4.30. The third-order valence-electron chi connectivity index (χ3n) is 9.35. The van der Waals surface area contributed by atoms with Crippen molar-refractivity contribution in [1.29, 1.82) is 0 Å². The molecule has 2 saturated heterocycles. The molecule has 0 aromatic carbocycles. The van der Waals surface area contributed by atoms with E-state index in [4.69, 9.17) is 4.74 Å². The van der Waals surface area contributed by atoms with Gasteiger partial charge >= 0.3 is 0 Å². The van der Waals surface area contributed by atoms with Gasteiger partial charge in [-0.25, -0.2) is 0 Å². The molecule has 162 valence electrons. The molecule has 5 atom stereocenters. The number of fused-ring (bicyclic) bond motifs is 1. The highest BCUT2D eigenvalue weighted by molar-refractivity contribution is 5.56. The lowest BCUT2D eigenvalue weighted by Gasteiger charge is -2.54. The van der Waals surface area contributed by atoms with Crippen molar-refractivity contribution in [1.82, 2.24) is 10.3 Å². The fourth-order valence-corrected chi connectivity index (χ4v) is 7.66. The van der Waals surface area contributed by atoms with Gasteiger partial charge in [0.25, 0.3) is 0 Å². The Balaban J connectivity index is 1.32. The predicted octanol–water partition coefficient (Wildman–Crippen LogP) is 5.54. The maximum absolute atomic E-state index is 7.20. The van der Waals surface area contributed by atoms with E-state index in [0.29, 0.717) is 11.8 Å². The summed E-state index contributed by atoms with van der Waals surface area (Å²) in [6.07, 6.45) is 20.4. The van der Waals surface area contributed by atoms with E-state index < -0.39 is 0 Å². The minimum absolute atomic E-state index is 0.00864. The zero-order chi connectivity index (χ0) is 21.3. The van der Waals surface area contributed by atoms with Gasteiger partial charge < -0.3 is 10.1 Å². The van der Waals surface area contributed by atoms with Gasteiger partial charge in [0.2, 0.25) is 0 Å². The normalized spacial score (nSPS) is 40.7. The Morgan fingerprint density at radius 1 is 1.29 bits per heavy atom. The highest BCUT2D eigenvalue weighted by Crippen LogP contribution is 2.67. The molecule has 3 aliphatic heterocycles. The van der Waals surface area contributed by atoms with Crippen LogP contribution < -0.4 is 5.32 Å². The molecule has 1 aromatic rings. The van der Waals surface area contributed by atoms with Gasteiger partial charge in [-0.3, -0.25) is 4.98 Å². The van der Waals surface area contributed by atoms with Crippen LogP contribution in [0.5, 0.6) is 0 Å². The van der Waals surface area contributed by atoms with Crippen LogP contribution in [0.1, 0.15) is 56.6 Å². The molecule has 2 spiro atoms. The second-order valence-corrected chi connectivity index (χ2v) is 10.8. The lowest BCUT2D eigenvalue weighted by molar-refractivity contribution is -0.133. The number of nitrogens with one attached hydrogen (secondary N) is 1. The van der Waals surface area contributed by atoms with Crippen LogP contribution in [0.25, 0.3) is 6.08 Å². The molecule has 1 aromatic heterocycles. The summed E-state index contributed by atoms with van der Waals surface area (Å²) < 4.78 is 7.20. The highest BCUT2D eigenvalue weighted by Gasteiger charge is 2.66. The molecule has 1 saturated carbocycles. The van der Waals surface area contributed by atoms with Crippen molar-refractivity contribution < 1.29 is 4.74 Å². The van der Waals surface area contributed by atoms with Crippen LogP contribution in [-0.4, -0.2) is 29.3 Å². The van der Waals surface area contributed by atoms with Crippen molar-refractivity contribution in [3.63, 3.8) is 0 Å².